The monoisotopic (exact) mass is 266 g/mol. The van der Waals surface area contributed by atoms with Gasteiger partial charge >= 0.3 is 0 Å². The molecule has 1 amide bonds. The highest BCUT2D eigenvalue weighted by Gasteiger charge is 2.23. The van der Waals surface area contributed by atoms with Gasteiger partial charge in [0.05, 0.1) is 18.1 Å². The van der Waals surface area contributed by atoms with E-state index in [9.17, 15) is 9.18 Å². The molecule has 0 aromatic heterocycles. The van der Waals surface area contributed by atoms with Gasteiger partial charge in [0, 0.05) is 5.56 Å². The summed E-state index contributed by atoms with van der Waals surface area (Å²) in [5.41, 5.74) is 0.360. The summed E-state index contributed by atoms with van der Waals surface area (Å²) >= 11 is 1.13. The van der Waals surface area contributed by atoms with Crippen LogP contribution in [0, 0.1) is 5.82 Å². The number of hydrogen-bond acceptors (Lipinski definition) is 4. The smallest absolute Gasteiger partial charge is 0.264 e. The van der Waals surface area contributed by atoms with Crippen molar-refractivity contribution in [3.05, 3.63) is 40.6 Å². The Balaban J connectivity index is 2.20. The highest BCUT2D eigenvalue weighted by atomic mass is 32.2. The van der Waals surface area contributed by atoms with Crippen molar-refractivity contribution in [2.24, 2.45) is 4.99 Å². The largest absolute Gasteiger partial charge is 0.394 e. The van der Waals surface area contributed by atoms with Crippen LogP contribution in [0.2, 0.25) is 0 Å². The summed E-state index contributed by atoms with van der Waals surface area (Å²) in [6, 6.07) is 6.23. The number of carbonyl (C=O) groups is 1. The van der Waals surface area contributed by atoms with Crippen LogP contribution < -0.4 is 5.32 Å². The molecule has 0 aliphatic carbocycles. The average molecular weight is 266 g/mol. The SMILES string of the molecule is O=C1NC(=NCCO)S/C1=C\c1ccccc1F. The maximum Gasteiger partial charge on any atom is 0.264 e. The topological polar surface area (TPSA) is 61.7 Å². The van der Waals surface area contributed by atoms with E-state index in [1.165, 1.54) is 12.1 Å². The summed E-state index contributed by atoms with van der Waals surface area (Å²) in [6.07, 6.45) is 1.48. The Hall–Kier alpha value is -1.66. The first-order valence-corrected chi connectivity index (χ1v) is 6.13. The Labute approximate surface area is 108 Å². The summed E-state index contributed by atoms with van der Waals surface area (Å²) in [5, 5.41) is 11.6. The molecule has 1 saturated heterocycles. The van der Waals surface area contributed by atoms with Gasteiger partial charge in [-0.2, -0.15) is 0 Å². The predicted octanol–water partition coefficient (Wildman–Crippen LogP) is 1.38. The maximum atomic E-state index is 13.4. The molecule has 4 nitrogen and oxygen atoms in total. The molecule has 0 unspecified atom stereocenters. The molecule has 6 heteroatoms. The second-order valence-electron chi connectivity index (χ2n) is 3.50. The van der Waals surface area contributed by atoms with Gasteiger partial charge in [0.25, 0.3) is 5.91 Å². The summed E-state index contributed by atoms with van der Waals surface area (Å²) in [4.78, 5) is 16.0. The van der Waals surface area contributed by atoms with E-state index in [0.717, 1.165) is 11.8 Å². The molecular weight excluding hydrogens is 255 g/mol. The van der Waals surface area contributed by atoms with Crippen molar-refractivity contribution in [1.82, 2.24) is 5.32 Å². The Morgan fingerprint density at radius 1 is 1.44 bits per heavy atom. The van der Waals surface area contributed by atoms with Gasteiger partial charge in [0.2, 0.25) is 0 Å². The Bertz CT molecular complexity index is 529. The van der Waals surface area contributed by atoms with Gasteiger partial charge < -0.3 is 10.4 Å². The number of thioether (sulfide) groups is 1. The molecule has 0 spiro atoms. The zero-order valence-corrected chi connectivity index (χ0v) is 10.2. The minimum Gasteiger partial charge on any atom is -0.394 e. The minimum atomic E-state index is -0.376. The van der Waals surface area contributed by atoms with Crippen molar-refractivity contribution in [3.8, 4) is 0 Å². The molecule has 1 aliphatic heterocycles. The van der Waals surface area contributed by atoms with Crippen molar-refractivity contribution in [1.29, 1.82) is 0 Å². The van der Waals surface area contributed by atoms with Crippen molar-refractivity contribution in [2.45, 2.75) is 0 Å². The van der Waals surface area contributed by atoms with Crippen LogP contribution in [0.4, 0.5) is 4.39 Å². The fraction of sp³-hybridized carbons (Fsp3) is 0.167. The average Bonchev–Trinajstić information content (AvgIpc) is 2.70. The lowest BCUT2D eigenvalue weighted by atomic mass is 10.2. The van der Waals surface area contributed by atoms with Crippen LogP contribution in [0.5, 0.6) is 0 Å². The number of benzene rings is 1. The number of amidine groups is 1. The summed E-state index contributed by atoms with van der Waals surface area (Å²) in [7, 11) is 0. The zero-order chi connectivity index (χ0) is 13.0. The number of amides is 1. The molecule has 1 heterocycles. The van der Waals surface area contributed by atoms with Gasteiger partial charge in [-0.25, -0.2) is 4.39 Å². The lowest BCUT2D eigenvalue weighted by Crippen LogP contribution is -2.20. The molecule has 0 saturated carbocycles. The van der Waals surface area contributed by atoms with Crippen LogP contribution in [-0.4, -0.2) is 29.3 Å². The first-order valence-electron chi connectivity index (χ1n) is 5.31. The Morgan fingerprint density at radius 2 is 2.22 bits per heavy atom. The lowest BCUT2D eigenvalue weighted by molar-refractivity contribution is -0.115. The molecule has 0 bridgehead atoms. The highest BCUT2D eigenvalue weighted by Crippen LogP contribution is 2.26. The highest BCUT2D eigenvalue weighted by molar-refractivity contribution is 8.18. The fourth-order valence-corrected chi connectivity index (χ4v) is 2.22. The molecule has 2 N–H and O–H groups in total. The number of carbonyl (C=O) groups excluding carboxylic acids is 1. The first kappa shape index (κ1) is 12.8. The van der Waals surface area contributed by atoms with E-state index in [1.54, 1.807) is 18.2 Å². The molecule has 2 rings (SSSR count). The lowest BCUT2D eigenvalue weighted by Gasteiger charge is -1.96. The van der Waals surface area contributed by atoms with Crippen molar-refractivity contribution in [3.63, 3.8) is 0 Å². The van der Waals surface area contributed by atoms with Crippen LogP contribution in [0.1, 0.15) is 5.56 Å². The van der Waals surface area contributed by atoms with Gasteiger partial charge in [0.1, 0.15) is 5.82 Å². The normalized spacial score (nSPS) is 19.6. The maximum absolute atomic E-state index is 13.4. The first-order chi connectivity index (χ1) is 8.70. The van der Waals surface area contributed by atoms with Gasteiger partial charge in [-0.1, -0.05) is 18.2 Å². The van der Waals surface area contributed by atoms with Crippen LogP contribution in [0.3, 0.4) is 0 Å². The van der Waals surface area contributed by atoms with E-state index in [4.69, 9.17) is 5.11 Å². The van der Waals surface area contributed by atoms with Crippen LogP contribution in [-0.2, 0) is 4.79 Å². The number of aliphatic imine (C=N–C) groups is 1. The minimum absolute atomic E-state index is 0.0771. The second kappa shape index (κ2) is 5.79. The molecule has 1 aliphatic rings. The van der Waals surface area contributed by atoms with Gasteiger partial charge in [-0.3, -0.25) is 9.79 Å². The third-order valence-corrected chi connectivity index (χ3v) is 3.15. The molecule has 0 atom stereocenters. The number of nitrogens with one attached hydrogen (secondary N) is 1. The van der Waals surface area contributed by atoms with E-state index in [0.29, 0.717) is 15.6 Å². The van der Waals surface area contributed by atoms with Gasteiger partial charge in [-0.05, 0) is 23.9 Å². The predicted molar refractivity (Wildman–Crippen MR) is 69.5 cm³/mol. The summed E-state index contributed by atoms with van der Waals surface area (Å²) in [6.45, 7) is 0.155. The van der Waals surface area contributed by atoms with E-state index in [1.807, 2.05) is 0 Å². The van der Waals surface area contributed by atoms with Crippen LogP contribution in [0.25, 0.3) is 6.08 Å². The standard InChI is InChI=1S/C12H11FN2O2S/c13-9-4-2-1-3-8(9)7-10-11(17)15-12(18-10)14-5-6-16/h1-4,7,16H,5-6H2,(H,14,15,17)/b10-7-. The van der Waals surface area contributed by atoms with Crippen molar-refractivity contribution in [2.75, 3.05) is 13.2 Å². The van der Waals surface area contributed by atoms with Crippen molar-refractivity contribution >= 4 is 28.9 Å². The van der Waals surface area contributed by atoms with Crippen LogP contribution in [0.15, 0.2) is 34.2 Å². The molecule has 18 heavy (non-hydrogen) atoms. The van der Waals surface area contributed by atoms with E-state index in [-0.39, 0.29) is 24.9 Å². The second-order valence-corrected chi connectivity index (χ2v) is 4.53. The van der Waals surface area contributed by atoms with Crippen molar-refractivity contribution < 1.29 is 14.3 Å². The number of nitrogens with zero attached hydrogens (tertiary/aromatic N) is 1. The molecule has 1 aromatic rings. The van der Waals surface area contributed by atoms with E-state index in [2.05, 4.69) is 10.3 Å². The zero-order valence-electron chi connectivity index (χ0n) is 9.39. The third-order valence-electron chi connectivity index (χ3n) is 2.20. The number of aliphatic hydroxyl groups is 1. The molecule has 0 radical (unpaired) electrons. The molecule has 1 aromatic carbocycles. The van der Waals surface area contributed by atoms with E-state index >= 15 is 0 Å². The Kier molecular flexibility index (Phi) is 4.11. The quantitative estimate of drug-likeness (QED) is 0.812. The number of rotatable bonds is 3. The number of hydrogen-bond donors (Lipinski definition) is 2. The summed E-state index contributed by atoms with van der Waals surface area (Å²) < 4.78 is 13.4. The Morgan fingerprint density at radius 3 is 2.94 bits per heavy atom. The van der Waals surface area contributed by atoms with E-state index < -0.39 is 0 Å². The number of halogens is 1. The fourth-order valence-electron chi connectivity index (χ4n) is 1.39. The van der Waals surface area contributed by atoms with Gasteiger partial charge in [0.15, 0.2) is 5.17 Å². The van der Waals surface area contributed by atoms with Crippen LogP contribution >= 0.6 is 11.8 Å². The molecular formula is C12H11FN2O2S. The molecule has 1 fully saturated rings. The summed E-state index contributed by atoms with van der Waals surface area (Å²) in [5.74, 6) is -0.681. The third kappa shape index (κ3) is 2.96. The number of aliphatic hydroxyl groups excluding tert-OH is 1. The molecule has 94 valence electrons. The van der Waals surface area contributed by atoms with Gasteiger partial charge in [-0.15, -0.1) is 0 Å².